The number of benzene rings is 1. The second-order valence-electron chi connectivity index (χ2n) is 5.53. The van der Waals surface area contributed by atoms with Crippen LogP contribution in [0.4, 0.5) is 0 Å². The first-order valence-electron chi connectivity index (χ1n) is 7.31. The maximum Gasteiger partial charge on any atom is 0.252 e. The Balaban J connectivity index is 2.07. The molecule has 4 nitrogen and oxygen atoms in total. The Morgan fingerprint density at radius 1 is 1.48 bits per heavy atom. The summed E-state index contributed by atoms with van der Waals surface area (Å²) in [5.74, 6) is 5.34. The van der Waals surface area contributed by atoms with Gasteiger partial charge in [0.15, 0.2) is 0 Å². The third-order valence-electron chi connectivity index (χ3n) is 4.02. The molecule has 1 heterocycles. The largest absolute Gasteiger partial charge is 0.384 e. The molecule has 1 fully saturated rings. The Morgan fingerprint density at radius 2 is 2.24 bits per heavy atom. The van der Waals surface area contributed by atoms with Crippen LogP contribution in [-0.2, 0) is 0 Å². The summed E-state index contributed by atoms with van der Waals surface area (Å²) < 4.78 is 0. The molecular formula is C17H22N2O2. The van der Waals surface area contributed by atoms with Crippen molar-refractivity contribution in [3.05, 3.63) is 35.4 Å². The van der Waals surface area contributed by atoms with Gasteiger partial charge in [-0.3, -0.25) is 4.79 Å². The summed E-state index contributed by atoms with van der Waals surface area (Å²) in [6.45, 7) is 2.97. The van der Waals surface area contributed by atoms with Crippen molar-refractivity contribution in [1.82, 2.24) is 10.2 Å². The second-order valence-corrected chi connectivity index (χ2v) is 5.53. The zero-order valence-electron chi connectivity index (χ0n) is 12.6. The lowest BCUT2D eigenvalue weighted by Crippen LogP contribution is -2.47. The number of aliphatic hydroxyl groups excluding tert-OH is 1. The molecule has 4 heteroatoms. The van der Waals surface area contributed by atoms with Gasteiger partial charge in [0.2, 0.25) is 0 Å². The summed E-state index contributed by atoms with van der Waals surface area (Å²) in [4.78, 5) is 14.7. The molecule has 21 heavy (non-hydrogen) atoms. The van der Waals surface area contributed by atoms with E-state index in [1.165, 1.54) is 0 Å². The number of hydrogen-bond donors (Lipinski definition) is 2. The highest BCUT2D eigenvalue weighted by molar-refractivity contribution is 5.96. The number of aliphatic hydroxyl groups is 1. The highest BCUT2D eigenvalue weighted by Crippen LogP contribution is 2.16. The number of nitrogens with one attached hydrogen (secondary N) is 1. The van der Waals surface area contributed by atoms with Gasteiger partial charge in [-0.05, 0) is 38.9 Å². The fourth-order valence-corrected chi connectivity index (χ4v) is 2.61. The van der Waals surface area contributed by atoms with E-state index in [1.54, 1.807) is 12.1 Å². The molecule has 0 bridgehead atoms. The molecule has 1 amide bonds. The first-order chi connectivity index (χ1) is 10.1. The van der Waals surface area contributed by atoms with E-state index in [9.17, 15) is 4.79 Å². The minimum absolute atomic E-state index is 0.0837. The third kappa shape index (κ3) is 4.07. The van der Waals surface area contributed by atoms with Gasteiger partial charge < -0.3 is 15.3 Å². The molecule has 2 N–H and O–H groups in total. The number of amides is 1. The molecule has 1 aliphatic heterocycles. The normalized spacial score (nSPS) is 22.2. The minimum atomic E-state index is -0.206. The topological polar surface area (TPSA) is 52.6 Å². The van der Waals surface area contributed by atoms with Crippen LogP contribution in [0.1, 0.15) is 35.7 Å². The van der Waals surface area contributed by atoms with Crippen LogP contribution in [0.5, 0.6) is 0 Å². The summed E-state index contributed by atoms with van der Waals surface area (Å²) in [6, 6.07) is 7.94. The fraction of sp³-hybridized carbons (Fsp3) is 0.471. The molecule has 1 aromatic rings. The molecule has 0 radical (unpaired) electrons. The van der Waals surface area contributed by atoms with Crippen molar-refractivity contribution >= 4 is 5.91 Å². The van der Waals surface area contributed by atoms with Gasteiger partial charge in [0.05, 0.1) is 5.56 Å². The zero-order valence-corrected chi connectivity index (χ0v) is 12.6. The van der Waals surface area contributed by atoms with Gasteiger partial charge in [-0.15, -0.1) is 0 Å². The van der Waals surface area contributed by atoms with Gasteiger partial charge in [0.1, 0.15) is 6.61 Å². The summed E-state index contributed by atoms with van der Waals surface area (Å²) in [7, 11) is 2.11. The number of hydrogen-bond acceptors (Lipinski definition) is 3. The van der Waals surface area contributed by atoms with Gasteiger partial charge in [0.25, 0.3) is 5.91 Å². The number of carbonyl (C=O) groups is 1. The fourth-order valence-electron chi connectivity index (χ4n) is 2.61. The van der Waals surface area contributed by atoms with E-state index < -0.39 is 0 Å². The van der Waals surface area contributed by atoms with Crippen LogP contribution in [0.3, 0.4) is 0 Å². The number of piperidine rings is 1. The van der Waals surface area contributed by atoms with E-state index in [4.69, 9.17) is 5.11 Å². The highest BCUT2D eigenvalue weighted by atomic mass is 16.2. The number of rotatable bonds is 2. The molecule has 1 saturated heterocycles. The van der Waals surface area contributed by atoms with Gasteiger partial charge in [-0.2, -0.15) is 0 Å². The van der Waals surface area contributed by atoms with E-state index in [0.29, 0.717) is 17.2 Å². The van der Waals surface area contributed by atoms with Crippen molar-refractivity contribution in [2.24, 2.45) is 0 Å². The molecule has 0 aliphatic carbocycles. The van der Waals surface area contributed by atoms with Crippen molar-refractivity contribution < 1.29 is 9.90 Å². The quantitative estimate of drug-likeness (QED) is 0.804. The van der Waals surface area contributed by atoms with Crippen LogP contribution in [0.2, 0.25) is 0 Å². The van der Waals surface area contributed by atoms with E-state index in [2.05, 4.69) is 36.0 Å². The molecule has 1 aromatic carbocycles. The van der Waals surface area contributed by atoms with Crippen molar-refractivity contribution in [2.45, 2.75) is 31.8 Å². The van der Waals surface area contributed by atoms with E-state index in [1.807, 2.05) is 12.1 Å². The Labute approximate surface area is 126 Å². The predicted molar refractivity (Wildman–Crippen MR) is 83.0 cm³/mol. The molecule has 2 atom stereocenters. The van der Waals surface area contributed by atoms with Crippen LogP contribution in [-0.4, -0.2) is 48.2 Å². The molecule has 0 spiro atoms. The first kappa shape index (κ1) is 15.6. The Kier molecular flexibility index (Phi) is 5.38. The number of carbonyl (C=O) groups excluding carboxylic acids is 1. The number of nitrogens with zero attached hydrogens (tertiary/aromatic N) is 1. The summed E-state index contributed by atoms with van der Waals surface area (Å²) >= 11 is 0. The number of likely N-dealkylation sites (tertiary alicyclic amines) is 1. The maximum absolute atomic E-state index is 12.4. The Hall–Kier alpha value is -1.83. The first-order valence-corrected chi connectivity index (χ1v) is 7.31. The van der Waals surface area contributed by atoms with E-state index >= 15 is 0 Å². The lowest BCUT2D eigenvalue weighted by Gasteiger charge is -2.35. The van der Waals surface area contributed by atoms with E-state index in [-0.39, 0.29) is 18.6 Å². The van der Waals surface area contributed by atoms with Crippen molar-refractivity contribution in [1.29, 1.82) is 0 Å². The van der Waals surface area contributed by atoms with Crippen LogP contribution >= 0.6 is 0 Å². The molecule has 1 aliphatic rings. The zero-order chi connectivity index (χ0) is 15.2. The van der Waals surface area contributed by atoms with Gasteiger partial charge in [-0.1, -0.05) is 24.0 Å². The summed E-state index contributed by atoms with van der Waals surface area (Å²) in [5.41, 5.74) is 1.23. The predicted octanol–water partition coefficient (Wildman–Crippen LogP) is 1.24. The summed E-state index contributed by atoms with van der Waals surface area (Å²) in [5, 5.41) is 11.9. The van der Waals surface area contributed by atoms with Crippen molar-refractivity contribution in [3.63, 3.8) is 0 Å². The third-order valence-corrected chi connectivity index (χ3v) is 4.02. The highest BCUT2D eigenvalue weighted by Gasteiger charge is 2.24. The van der Waals surface area contributed by atoms with Crippen molar-refractivity contribution in [3.8, 4) is 11.8 Å². The second kappa shape index (κ2) is 7.26. The van der Waals surface area contributed by atoms with Crippen molar-refractivity contribution in [2.75, 3.05) is 20.2 Å². The molecule has 2 rings (SSSR count). The van der Waals surface area contributed by atoms with Gasteiger partial charge in [0, 0.05) is 24.2 Å². The standard InChI is InChI=1S/C17H22N2O2/c1-13-12-15(9-10-19(13)2)18-17(21)16-8-4-3-6-14(16)7-5-11-20/h3-4,6,8,13,15,20H,9-12H2,1-2H3,(H,18,21). The molecule has 2 unspecified atom stereocenters. The Morgan fingerprint density at radius 3 is 2.95 bits per heavy atom. The van der Waals surface area contributed by atoms with Crippen LogP contribution in [0.15, 0.2) is 24.3 Å². The molecular weight excluding hydrogens is 264 g/mol. The minimum Gasteiger partial charge on any atom is -0.384 e. The van der Waals surface area contributed by atoms with E-state index in [0.717, 1.165) is 19.4 Å². The van der Waals surface area contributed by atoms with Crippen LogP contribution < -0.4 is 5.32 Å². The average Bonchev–Trinajstić information content (AvgIpc) is 2.49. The SMILES string of the molecule is CC1CC(NC(=O)c2ccccc2C#CCO)CCN1C. The smallest absolute Gasteiger partial charge is 0.252 e. The lowest BCUT2D eigenvalue weighted by atomic mass is 9.98. The summed E-state index contributed by atoms with van der Waals surface area (Å²) in [6.07, 6.45) is 1.93. The average molecular weight is 286 g/mol. The van der Waals surface area contributed by atoms with Gasteiger partial charge >= 0.3 is 0 Å². The molecule has 0 aromatic heterocycles. The molecule has 0 saturated carbocycles. The maximum atomic E-state index is 12.4. The Bertz CT molecular complexity index is 559. The lowest BCUT2D eigenvalue weighted by molar-refractivity contribution is 0.0896. The molecule has 112 valence electrons. The van der Waals surface area contributed by atoms with Gasteiger partial charge in [-0.25, -0.2) is 0 Å². The van der Waals surface area contributed by atoms with Crippen LogP contribution in [0, 0.1) is 11.8 Å². The monoisotopic (exact) mass is 286 g/mol. The van der Waals surface area contributed by atoms with Crippen LogP contribution in [0.25, 0.3) is 0 Å².